The van der Waals surface area contributed by atoms with Crippen molar-refractivity contribution in [2.24, 2.45) is 5.73 Å². The van der Waals surface area contributed by atoms with Crippen LogP contribution in [-0.2, 0) is 0 Å². The first-order chi connectivity index (χ1) is 5.43. The lowest BCUT2D eigenvalue weighted by Crippen LogP contribution is -2.18. The Labute approximate surface area is 69.8 Å². The Bertz CT molecular complexity index is 201. The second-order valence-electron chi connectivity index (χ2n) is 2.27. The van der Waals surface area contributed by atoms with Gasteiger partial charge in [0.15, 0.2) is 0 Å². The second-order valence-corrected chi connectivity index (χ2v) is 2.27. The molecule has 70 valence electrons. The summed E-state index contributed by atoms with van der Waals surface area (Å²) in [7, 11) is 0. The normalized spacial score (nSPS) is 15.1. The molecule has 0 amide bonds. The molecule has 2 N–H and O–H groups in total. The monoisotopic (exact) mass is 179 g/mol. The van der Waals surface area contributed by atoms with Crippen molar-refractivity contribution in [1.29, 1.82) is 0 Å². The van der Waals surface area contributed by atoms with Crippen molar-refractivity contribution in [3.05, 3.63) is 23.4 Å². The average molecular weight is 179 g/mol. The molecule has 1 nitrogen and oxygen atoms in total. The number of nitrogens with two attached hydrogens (primary N) is 1. The zero-order chi connectivity index (χ0) is 9.78. The first-order valence-electron chi connectivity index (χ1n) is 3.63. The molecule has 0 unspecified atom stereocenters. The van der Waals surface area contributed by atoms with Crippen LogP contribution in [0.25, 0.3) is 0 Å². The summed E-state index contributed by atoms with van der Waals surface area (Å²) in [5.41, 5.74) is 4.20. The number of allylic oxidation sites excluding steroid dienone is 3. The molecule has 0 bridgehead atoms. The molecular weight excluding hydrogens is 167 g/mol. The van der Waals surface area contributed by atoms with Crippen LogP contribution in [0.4, 0.5) is 13.2 Å². The maximum Gasteiger partial charge on any atom is 0.418 e. The molecule has 0 rings (SSSR count). The summed E-state index contributed by atoms with van der Waals surface area (Å²) in [6, 6.07) is 0. The highest BCUT2D eigenvalue weighted by Crippen LogP contribution is 2.29. The van der Waals surface area contributed by atoms with Crippen LogP contribution in [0.5, 0.6) is 0 Å². The van der Waals surface area contributed by atoms with Crippen LogP contribution in [0.1, 0.15) is 20.3 Å². The van der Waals surface area contributed by atoms with Crippen LogP contribution in [0.15, 0.2) is 23.4 Å². The lowest BCUT2D eigenvalue weighted by atomic mass is 10.1. The van der Waals surface area contributed by atoms with Gasteiger partial charge in [-0.05, 0) is 13.3 Å². The van der Waals surface area contributed by atoms with Crippen LogP contribution >= 0.6 is 0 Å². The molecule has 0 atom stereocenters. The van der Waals surface area contributed by atoms with Gasteiger partial charge in [-0.3, -0.25) is 0 Å². The summed E-state index contributed by atoms with van der Waals surface area (Å²) in [4.78, 5) is 0. The van der Waals surface area contributed by atoms with Crippen LogP contribution in [0, 0.1) is 0 Å². The molecule has 0 aromatic rings. The summed E-state index contributed by atoms with van der Waals surface area (Å²) in [6.45, 7) is 3.11. The highest BCUT2D eigenvalue weighted by Gasteiger charge is 2.34. The maximum absolute atomic E-state index is 12.2. The van der Waals surface area contributed by atoms with Crippen LogP contribution < -0.4 is 5.73 Å². The van der Waals surface area contributed by atoms with Crippen molar-refractivity contribution in [3.8, 4) is 0 Å². The van der Waals surface area contributed by atoms with E-state index in [1.54, 1.807) is 6.92 Å². The van der Waals surface area contributed by atoms with Gasteiger partial charge in [-0.15, -0.1) is 0 Å². The number of halogens is 3. The molecule has 0 aromatic heterocycles. The number of alkyl halides is 3. The van der Waals surface area contributed by atoms with Gasteiger partial charge in [0.25, 0.3) is 0 Å². The maximum atomic E-state index is 12.2. The molecule has 0 aromatic carbocycles. The highest BCUT2D eigenvalue weighted by atomic mass is 19.4. The van der Waals surface area contributed by atoms with E-state index in [4.69, 9.17) is 5.73 Å². The molecule has 12 heavy (non-hydrogen) atoms. The number of hydrogen-bond acceptors (Lipinski definition) is 1. The van der Waals surface area contributed by atoms with E-state index < -0.39 is 11.7 Å². The second kappa shape index (κ2) is 4.18. The first kappa shape index (κ1) is 11.1. The zero-order valence-electron chi connectivity index (χ0n) is 7.07. The van der Waals surface area contributed by atoms with Gasteiger partial charge >= 0.3 is 6.18 Å². The van der Waals surface area contributed by atoms with Crippen molar-refractivity contribution in [1.82, 2.24) is 0 Å². The Morgan fingerprint density at radius 3 is 2.17 bits per heavy atom. The van der Waals surface area contributed by atoms with Crippen molar-refractivity contribution >= 4 is 0 Å². The molecule has 0 aliphatic heterocycles. The Morgan fingerprint density at radius 2 is 1.92 bits per heavy atom. The van der Waals surface area contributed by atoms with Crippen molar-refractivity contribution in [2.75, 3.05) is 0 Å². The summed E-state index contributed by atoms with van der Waals surface area (Å²) < 4.78 is 36.5. The summed E-state index contributed by atoms with van der Waals surface area (Å²) in [5, 5.41) is 0. The van der Waals surface area contributed by atoms with E-state index in [9.17, 15) is 13.2 Å². The Kier molecular flexibility index (Phi) is 3.86. The first-order valence-corrected chi connectivity index (χ1v) is 3.63. The Balaban J connectivity index is 4.82. The van der Waals surface area contributed by atoms with E-state index >= 15 is 0 Å². The molecule has 0 aliphatic carbocycles. The fraction of sp³-hybridized carbons (Fsp3) is 0.500. The predicted molar refractivity (Wildman–Crippen MR) is 42.4 cm³/mol. The summed E-state index contributed by atoms with van der Waals surface area (Å²) >= 11 is 0. The van der Waals surface area contributed by atoms with Crippen LogP contribution in [0.3, 0.4) is 0 Å². The standard InChI is InChI=1S/C8H12F3N/c1-3-5-6(7(12)4-2)8(9,10)11/h4-5H,3,12H2,1-2H3/b6-5+,7-4+. The van der Waals surface area contributed by atoms with Crippen molar-refractivity contribution in [3.63, 3.8) is 0 Å². The molecule has 0 saturated heterocycles. The Morgan fingerprint density at radius 1 is 1.42 bits per heavy atom. The molecule has 0 fully saturated rings. The third-order valence-electron chi connectivity index (χ3n) is 1.34. The minimum atomic E-state index is -4.34. The zero-order valence-corrected chi connectivity index (χ0v) is 7.07. The molecule has 0 heterocycles. The van der Waals surface area contributed by atoms with E-state index in [-0.39, 0.29) is 5.70 Å². The third-order valence-corrected chi connectivity index (χ3v) is 1.34. The Hall–Kier alpha value is -0.930. The molecule has 0 saturated carbocycles. The van der Waals surface area contributed by atoms with E-state index in [1.807, 2.05) is 0 Å². The summed E-state index contributed by atoms with van der Waals surface area (Å²) in [6.07, 6.45) is -1.69. The average Bonchev–Trinajstić information content (AvgIpc) is 1.96. The fourth-order valence-corrected chi connectivity index (χ4v) is 0.757. The minimum Gasteiger partial charge on any atom is -0.399 e. The summed E-state index contributed by atoms with van der Waals surface area (Å²) in [5.74, 6) is 0. The van der Waals surface area contributed by atoms with Gasteiger partial charge in [0.05, 0.1) is 5.57 Å². The third kappa shape index (κ3) is 2.98. The van der Waals surface area contributed by atoms with Gasteiger partial charge in [0.2, 0.25) is 0 Å². The largest absolute Gasteiger partial charge is 0.418 e. The lowest BCUT2D eigenvalue weighted by Gasteiger charge is -2.11. The minimum absolute atomic E-state index is 0.218. The van der Waals surface area contributed by atoms with E-state index in [0.717, 1.165) is 6.08 Å². The SMILES string of the molecule is C/C=C(N)\C(=C/CC)C(F)(F)F. The number of rotatable bonds is 2. The quantitative estimate of drug-likeness (QED) is 0.648. The van der Waals surface area contributed by atoms with E-state index in [0.29, 0.717) is 6.42 Å². The van der Waals surface area contributed by atoms with Crippen LogP contribution in [0.2, 0.25) is 0 Å². The van der Waals surface area contributed by atoms with Gasteiger partial charge in [-0.1, -0.05) is 19.1 Å². The lowest BCUT2D eigenvalue weighted by molar-refractivity contribution is -0.0896. The molecule has 0 aliphatic rings. The van der Waals surface area contributed by atoms with Gasteiger partial charge in [0.1, 0.15) is 0 Å². The topological polar surface area (TPSA) is 26.0 Å². The smallest absolute Gasteiger partial charge is 0.399 e. The van der Waals surface area contributed by atoms with E-state index in [1.165, 1.54) is 13.0 Å². The van der Waals surface area contributed by atoms with Gasteiger partial charge in [0, 0.05) is 5.70 Å². The molecule has 0 spiro atoms. The van der Waals surface area contributed by atoms with Crippen molar-refractivity contribution < 1.29 is 13.2 Å². The predicted octanol–water partition coefficient (Wildman–Crippen LogP) is 2.75. The molecular formula is C8H12F3N. The highest BCUT2D eigenvalue weighted by molar-refractivity contribution is 5.31. The fourth-order valence-electron chi connectivity index (χ4n) is 0.757. The van der Waals surface area contributed by atoms with Gasteiger partial charge in [-0.2, -0.15) is 13.2 Å². The van der Waals surface area contributed by atoms with Crippen molar-refractivity contribution in [2.45, 2.75) is 26.4 Å². The molecule has 0 radical (unpaired) electrons. The van der Waals surface area contributed by atoms with Gasteiger partial charge in [-0.25, -0.2) is 0 Å². The van der Waals surface area contributed by atoms with E-state index in [2.05, 4.69) is 0 Å². The molecule has 4 heteroatoms. The number of hydrogen-bond donors (Lipinski definition) is 1. The van der Waals surface area contributed by atoms with Gasteiger partial charge < -0.3 is 5.73 Å². The van der Waals surface area contributed by atoms with Crippen LogP contribution in [-0.4, -0.2) is 6.18 Å².